The van der Waals surface area contributed by atoms with E-state index in [-0.39, 0.29) is 5.91 Å². The molecule has 0 bridgehead atoms. The van der Waals surface area contributed by atoms with Gasteiger partial charge in [-0.3, -0.25) is 9.69 Å². The Hall–Kier alpha value is -3.23. The third-order valence-corrected chi connectivity index (χ3v) is 5.64. The van der Waals surface area contributed by atoms with Gasteiger partial charge in [0.05, 0.1) is 10.7 Å². The van der Waals surface area contributed by atoms with Crippen molar-refractivity contribution in [1.82, 2.24) is 29.3 Å². The van der Waals surface area contributed by atoms with Crippen molar-refractivity contribution in [1.29, 1.82) is 0 Å². The fourth-order valence-corrected chi connectivity index (χ4v) is 3.95. The summed E-state index contributed by atoms with van der Waals surface area (Å²) in [5.41, 5.74) is 3.34. The molecule has 3 aromatic heterocycles. The van der Waals surface area contributed by atoms with Gasteiger partial charge in [0.2, 0.25) is 0 Å². The minimum Gasteiger partial charge on any atom is -0.336 e. The lowest BCUT2D eigenvalue weighted by Crippen LogP contribution is -2.48. The predicted octanol–water partition coefficient (Wildman–Crippen LogP) is 3.30. The van der Waals surface area contributed by atoms with Crippen LogP contribution in [0.25, 0.3) is 17.1 Å². The van der Waals surface area contributed by atoms with E-state index in [0.29, 0.717) is 35.4 Å². The van der Waals surface area contributed by atoms with E-state index in [1.807, 2.05) is 58.1 Å². The molecule has 1 aliphatic heterocycles. The number of benzene rings is 1. The number of imidazole rings is 1. The summed E-state index contributed by atoms with van der Waals surface area (Å²) in [6.45, 7) is 5.50. The number of aryl methyl sites for hydroxylation is 1. The van der Waals surface area contributed by atoms with Gasteiger partial charge in [-0.2, -0.15) is 4.98 Å². The molecule has 1 aromatic carbocycles. The summed E-state index contributed by atoms with van der Waals surface area (Å²) >= 11 is 6.05. The van der Waals surface area contributed by atoms with E-state index in [4.69, 9.17) is 16.1 Å². The van der Waals surface area contributed by atoms with E-state index >= 15 is 0 Å². The first-order chi connectivity index (χ1) is 15.0. The largest absolute Gasteiger partial charge is 0.336 e. The molecule has 8 nitrogen and oxygen atoms in total. The molecule has 0 spiro atoms. The molecule has 31 heavy (non-hydrogen) atoms. The summed E-state index contributed by atoms with van der Waals surface area (Å²) in [4.78, 5) is 26.0. The number of amides is 1. The lowest BCUT2D eigenvalue weighted by molar-refractivity contribution is 0.0627. The first kappa shape index (κ1) is 19.7. The molecule has 1 aliphatic rings. The predicted molar refractivity (Wildman–Crippen MR) is 116 cm³/mol. The fourth-order valence-electron chi connectivity index (χ4n) is 3.78. The van der Waals surface area contributed by atoms with Crippen molar-refractivity contribution < 1.29 is 9.32 Å². The third kappa shape index (κ3) is 4.17. The number of halogens is 1. The van der Waals surface area contributed by atoms with E-state index in [1.54, 1.807) is 6.92 Å². The Balaban J connectivity index is 1.19. The van der Waals surface area contributed by atoms with Gasteiger partial charge in [0.25, 0.3) is 11.8 Å². The standard InChI is InChI=1S/C22H21ClN6O2/c1-15-24-21(31-26-15)16-2-4-17(5-3-16)22(30)28-10-8-27(9-11-28)13-19-14-29-12-18(23)6-7-20(29)25-19/h2-7,12,14H,8-11,13H2,1H3. The third-order valence-electron chi connectivity index (χ3n) is 5.42. The summed E-state index contributed by atoms with van der Waals surface area (Å²) in [6, 6.07) is 11.1. The molecule has 0 atom stereocenters. The molecule has 5 rings (SSSR count). The Bertz CT molecular complexity index is 1220. The van der Waals surface area contributed by atoms with Crippen LogP contribution in [0.5, 0.6) is 0 Å². The second-order valence-corrected chi connectivity index (χ2v) is 8.07. The SMILES string of the molecule is Cc1noc(-c2ccc(C(=O)N3CCN(Cc4cn5cc(Cl)ccc5n4)CC3)cc2)n1. The number of rotatable bonds is 4. The lowest BCUT2D eigenvalue weighted by atomic mass is 10.1. The maximum atomic E-state index is 12.9. The molecule has 9 heteroatoms. The van der Waals surface area contributed by atoms with Crippen LogP contribution in [-0.2, 0) is 6.54 Å². The summed E-state index contributed by atoms with van der Waals surface area (Å²) in [6.07, 6.45) is 3.86. The van der Waals surface area contributed by atoms with E-state index in [2.05, 4.69) is 20.0 Å². The second kappa shape index (κ2) is 8.13. The highest BCUT2D eigenvalue weighted by Gasteiger charge is 2.23. The van der Waals surface area contributed by atoms with Crippen molar-refractivity contribution in [2.45, 2.75) is 13.5 Å². The number of carbonyl (C=O) groups is 1. The zero-order valence-corrected chi connectivity index (χ0v) is 17.8. The minimum atomic E-state index is 0.0373. The summed E-state index contributed by atoms with van der Waals surface area (Å²) in [7, 11) is 0. The van der Waals surface area contributed by atoms with Crippen molar-refractivity contribution >= 4 is 23.2 Å². The number of hydrogen-bond donors (Lipinski definition) is 0. The molecule has 1 fully saturated rings. The van der Waals surface area contributed by atoms with Crippen LogP contribution in [0.2, 0.25) is 5.02 Å². The molecular weight excluding hydrogens is 416 g/mol. The molecule has 0 radical (unpaired) electrons. The highest BCUT2D eigenvalue weighted by molar-refractivity contribution is 6.30. The van der Waals surface area contributed by atoms with Crippen molar-refractivity contribution in [3.63, 3.8) is 0 Å². The maximum absolute atomic E-state index is 12.9. The first-order valence-electron chi connectivity index (χ1n) is 10.1. The van der Waals surface area contributed by atoms with Gasteiger partial charge in [-0.1, -0.05) is 16.8 Å². The number of nitrogens with zero attached hydrogens (tertiary/aromatic N) is 6. The van der Waals surface area contributed by atoms with E-state index in [0.717, 1.165) is 36.5 Å². The number of fused-ring (bicyclic) bond motifs is 1. The van der Waals surface area contributed by atoms with Gasteiger partial charge in [-0.15, -0.1) is 0 Å². The molecule has 0 unspecified atom stereocenters. The van der Waals surface area contributed by atoms with Crippen molar-refractivity contribution in [2.24, 2.45) is 0 Å². The molecule has 1 saturated heterocycles. The number of aromatic nitrogens is 4. The van der Waals surface area contributed by atoms with Gasteiger partial charge in [-0.05, 0) is 43.3 Å². The highest BCUT2D eigenvalue weighted by atomic mass is 35.5. The van der Waals surface area contributed by atoms with Crippen LogP contribution in [0, 0.1) is 6.92 Å². The Labute approximate surface area is 184 Å². The van der Waals surface area contributed by atoms with Crippen molar-refractivity contribution in [2.75, 3.05) is 26.2 Å². The number of piperazine rings is 1. The van der Waals surface area contributed by atoms with Gasteiger partial charge >= 0.3 is 0 Å². The van der Waals surface area contributed by atoms with Crippen LogP contribution in [-0.4, -0.2) is 61.4 Å². The summed E-state index contributed by atoms with van der Waals surface area (Å²) < 4.78 is 7.12. The van der Waals surface area contributed by atoms with Gasteiger partial charge < -0.3 is 13.8 Å². The number of hydrogen-bond acceptors (Lipinski definition) is 6. The van der Waals surface area contributed by atoms with E-state index in [1.165, 1.54) is 0 Å². The average Bonchev–Trinajstić information content (AvgIpc) is 3.39. The Morgan fingerprint density at radius 1 is 1.03 bits per heavy atom. The molecular formula is C22H21ClN6O2. The van der Waals surface area contributed by atoms with Gasteiger partial charge in [0, 0.05) is 56.2 Å². The van der Waals surface area contributed by atoms with Crippen molar-refractivity contribution in [3.8, 4) is 11.5 Å². The minimum absolute atomic E-state index is 0.0373. The van der Waals surface area contributed by atoms with Gasteiger partial charge in [-0.25, -0.2) is 4.98 Å². The molecule has 0 N–H and O–H groups in total. The van der Waals surface area contributed by atoms with Gasteiger partial charge in [0.15, 0.2) is 5.82 Å². The second-order valence-electron chi connectivity index (χ2n) is 7.64. The number of carbonyl (C=O) groups excluding carboxylic acids is 1. The monoisotopic (exact) mass is 436 g/mol. The Morgan fingerprint density at radius 3 is 2.52 bits per heavy atom. The molecule has 4 aromatic rings. The summed E-state index contributed by atoms with van der Waals surface area (Å²) in [5, 5.41) is 4.48. The van der Waals surface area contributed by atoms with Crippen LogP contribution in [0.3, 0.4) is 0 Å². The molecule has 0 aliphatic carbocycles. The van der Waals surface area contributed by atoms with E-state index < -0.39 is 0 Å². The molecule has 4 heterocycles. The smallest absolute Gasteiger partial charge is 0.257 e. The normalized spacial score (nSPS) is 15.0. The molecule has 0 saturated carbocycles. The highest BCUT2D eigenvalue weighted by Crippen LogP contribution is 2.19. The zero-order valence-electron chi connectivity index (χ0n) is 17.0. The van der Waals surface area contributed by atoms with E-state index in [9.17, 15) is 4.79 Å². The van der Waals surface area contributed by atoms with Gasteiger partial charge in [0.1, 0.15) is 5.65 Å². The maximum Gasteiger partial charge on any atom is 0.257 e. The Morgan fingerprint density at radius 2 is 1.81 bits per heavy atom. The quantitative estimate of drug-likeness (QED) is 0.488. The topological polar surface area (TPSA) is 79.8 Å². The van der Waals surface area contributed by atoms with Crippen LogP contribution in [0.4, 0.5) is 0 Å². The van der Waals surface area contributed by atoms with Crippen LogP contribution in [0.15, 0.2) is 53.3 Å². The molecule has 1 amide bonds. The fraction of sp³-hybridized carbons (Fsp3) is 0.273. The molecule has 158 valence electrons. The Kier molecular flexibility index (Phi) is 5.17. The van der Waals surface area contributed by atoms with Crippen LogP contribution in [0.1, 0.15) is 21.9 Å². The summed E-state index contributed by atoms with van der Waals surface area (Å²) in [5.74, 6) is 1.08. The van der Waals surface area contributed by atoms with Crippen molar-refractivity contribution in [3.05, 3.63) is 70.9 Å². The average molecular weight is 437 g/mol. The number of pyridine rings is 1. The zero-order chi connectivity index (χ0) is 21.4. The van der Waals surface area contributed by atoms with Crippen LogP contribution >= 0.6 is 11.6 Å². The van der Waals surface area contributed by atoms with Crippen LogP contribution < -0.4 is 0 Å². The lowest BCUT2D eigenvalue weighted by Gasteiger charge is -2.34. The first-order valence-corrected chi connectivity index (χ1v) is 10.5.